The molecule has 0 atom stereocenters. The molecule has 1 aliphatic rings. The van der Waals surface area contributed by atoms with Gasteiger partial charge in [-0.1, -0.05) is 6.07 Å². The maximum atomic E-state index is 10.9. The first-order chi connectivity index (χ1) is 7.11. The van der Waals surface area contributed by atoms with Crippen LogP contribution in [-0.4, -0.2) is 22.2 Å². The van der Waals surface area contributed by atoms with Gasteiger partial charge >= 0.3 is 11.9 Å². The molecule has 1 aromatic rings. The van der Waals surface area contributed by atoms with E-state index in [9.17, 15) is 9.59 Å². The van der Waals surface area contributed by atoms with Crippen molar-refractivity contribution in [1.29, 1.82) is 0 Å². The third-order valence-electron chi connectivity index (χ3n) is 2.55. The van der Waals surface area contributed by atoms with Crippen molar-refractivity contribution in [3.05, 3.63) is 34.9 Å². The SMILES string of the molecule is O=C(O)c1cccc(C(=O)O)c1C1CC1. The number of carboxylic acid groups (broad SMARTS) is 2. The van der Waals surface area contributed by atoms with Gasteiger partial charge in [0.05, 0.1) is 11.1 Å². The van der Waals surface area contributed by atoms with Crippen molar-refractivity contribution in [3.8, 4) is 0 Å². The second-order valence-corrected chi connectivity index (χ2v) is 3.65. The number of hydrogen-bond acceptors (Lipinski definition) is 2. The molecule has 4 nitrogen and oxygen atoms in total. The highest BCUT2D eigenvalue weighted by Crippen LogP contribution is 2.43. The highest BCUT2D eigenvalue weighted by molar-refractivity contribution is 5.97. The van der Waals surface area contributed by atoms with Crippen molar-refractivity contribution in [2.24, 2.45) is 0 Å². The molecule has 0 spiro atoms. The maximum Gasteiger partial charge on any atom is 0.335 e. The van der Waals surface area contributed by atoms with Crippen LogP contribution in [0, 0.1) is 0 Å². The second-order valence-electron chi connectivity index (χ2n) is 3.65. The molecule has 4 heteroatoms. The van der Waals surface area contributed by atoms with Crippen molar-refractivity contribution in [3.63, 3.8) is 0 Å². The normalized spacial score (nSPS) is 14.9. The number of carboxylic acids is 2. The van der Waals surface area contributed by atoms with Gasteiger partial charge in [0, 0.05) is 0 Å². The smallest absolute Gasteiger partial charge is 0.335 e. The van der Waals surface area contributed by atoms with E-state index in [2.05, 4.69) is 0 Å². The Bertz CT molecular complexity index is 400. The largest absolute Gasteiger partial charge is 0.478 e. The van der Waals surface area contributed by atoms with Gasteiger partial charge in [-0.2, -0.15) is 0 Å². The van der Waals surface area contributed by atoms with Crippen LogP contribution in [-0.2, 0) is 0 Å². The zero-order chi connectivity index (χ0) is 11.0. The molecule has 2 rings (SSSR count). The average molecular weight is 206 g/mol. The van der Waals surface area contributed by atoms with Gasteiger partial charge in [-0.3, -0.25) is 0 Å². The van der Waals surface area contributed by atoms with Crippen LogP contribution in [0.2, 0.25) is 0 Å². The zero-order valence-corrected chi connectivity index (χ0v) is 7.93. The fourth-order valence-corrected chi connectivity index (χ4v) is 1.75. The predicted molar refractivity (Wildman–Crippen MR) is 52.3 cm³/mol. The van der Waals surface area contributed by atoms with Crippen LogP contribution < -0.4 is 0 Å². The van der Waals surface area contributed by atoms with E-state index >= 15 is 0 Å². The molecule has 1 aliphatic carbocycles. The minimum atomic E-state index is -1.06. The molecule has 1 saturated carbocycles. The number of carbonyl (C=O) groups is 2. The van der Waals surface area contributed by atoms with Crippen molar-refractivity contribution in [2.75, 3.05) is 0 Å². The summed E-state index contributed by atoms with van der Waals surface area (Å²) in [5.74, 6) is -2.00. The lowest BCUT2D eigenvalue weighted by Gasteiger charge is -2.07. The summed E-state index contributed by atoms with van der Waals surface area (Å²) in [7, 11) is 0. The van der Waals surface area contributed by atoms with Crippen molar-refractivity contribution in [1.82, 2.24) is 0 Å². The Morgan fingerprint density at radius 2 is 1.53 bits per heavy atom. The number of benzene rings is 1. The van der Waals surface area contributed by atoms with Gasteiger partial charge in [-0.15, -0.1) is 0 Å². The molecule has 1 fully saturated rings. The Balaban J connectivity index is 2.60. The van der Waals surface area contributed by atoms with E-state index < -0.39 is 11.9 Å². The van der Waals surface area contributed by atoms with E-state index in [1.165, 1.54) is 18.2 Å². The van der Waals surface area contributed by atoms with Crippen LogP contribution >= 0.6 is 0 Å². The zero-order valence-electron chi connectivity index (χ0n) is 7.93. The Kier molecular flexibility index (Phi) is 2.19. The topological polar surface area (TPSA) is 74.6 Å². The minimum Gasteiger partial charge on any atom is -0.478 e. The van der Waals surface area contributed by atoms with Gasteiger partial charge in [0.15, 0.2) is 0 Å². The van der Waals surface area contributed by atoms with Crippen LogP contribution in [0.4, 0.5) is 0 Å². The van der Waals surface area contributed by atoms with E-state index in [4.69, 9.17) is 10.2 Å². The van der Waals surface area contributed by atoms with Gasteiger partial charge in [0.2, 0.25) is 0 Å². The quantitative estimate of drug-likeness (QED) is 0.792. The number of hydrogen-bond donors (Lipinski definition) is 2. The van der Waals surface area contributed by atoms with Crippen LogP contribution in [0.1, 0.15) is 45.0 Å². The van der Waals surface area contributed by atoms with Gasteiger partial charge in [0.1, 0.15) is 0 Å². The second kappa shape index (κ2) is 3.38. The van der Waals surface area contributed by atoms with Crippen LogP contribution in [0.3, 0.4) is 0 Å². The highest BCUT2D eigenvalue weighted by atomic mass is 16.4. The lowest BCUT2D eigenvalue weighted by molar-refractivity contribution is 0.0695. The van der Waals surface area contributed by atoms with Crippen molar-refractivity contribution < 1.29 is 19.8 Å². The summed E-state index contributed by atoms with van der Waals surface area (Å²) in [4.78, 5) is 21.9. The highest BCUT2D eigenvalue weighted by Gasteiger charge is 2.32. The molecule has 0 radical (unpaired) electrons. The number of aromatic carboxylic acids is 2. The van der Waals surface area contributed by atoms with Crippen LogP contribution in [0.25, 0.3) is 0 Å². The lowest BCUT2D eigenvalue weighted by Crippen LogP contribution is -2.08. The molecular weight excluding hydrogens is 196 g/mol. The predicted octanol–water partition coefficient (Wildman–Crippen LogP) is 1.96. The monoisotopic (exact) mass is 206 g/mol. The molecular formula is C11H10O4. The van der Waals surface area contributed by atoms with Gasteiger partial charge < -0.3 is 10.2 Å². The van der Waals surface area contributed by atoms with E-state index in [-0.39, 0.29) is 17.0 Å². The number of rotatable bonds is 3. The van der Waals surface area contributed by atoms with Gasteiger partial charge in [-0.25, -0.2) is 9.59 Å². The molecule has 78 valence electrons. The molecule has 0 amide bonds. The molecule has 1 aromatic carbocycles. The molecule has 0 aliphatic heterocycles. The van der Waals surface area contributed by atoms with Crippen LogP contribution in [0.5, 0.6) is 0 Å². The van der Waals surface area contributed by atoms with E-state index in [0.717, 1.165) is 12.8 Å². The fourth-order valence-electron chi connectivity index (χ4n) is 1.75. The summed E-state index contributed by atoms with van der Waals surface area (Å²) in [5, 5.41) is 17.9. The maximum absolute atomic E-state index is 10.9. The summed E-state index contributed by atoms with van der Waals surface area (Å²) in [6, 6.07) is 4.39. The molecule has 0 saturated heterocycles. The van der Waals surface area contributed by atoms with Gasteiger partial charge in [0.25, 0.3) is 0 Å². The Labute approximate surface area is 86.2 Å². The Morgan fingerprint density at radius 1 is 1.07 bits per heavy atom. The first kappa shape index (κ1) is 9.71. The van der Waals surface area contributed by atoms with E-state index in [1.807, 2.05) is 0 Å². The van der Waals surface area contributed by atoms with E-state index in [1.54, 1.807) is 0 Å². The lowest BCUT2D eigenvalue weighted by atomic mass is 9.97. The summed E-state index contributed by atoms with van der Waals surface area (Å²) in [5.41, 5.74) is 0.729. The van der Waals surface area contributed by atoms with Crippen molar-refractivity contribution >= 4 is 11.9 Å². The first-order valence-electron chi connectivity index (χ1n) is 4.70. The van der Waals surface area contributed by atoms with Gasteiger partial charge in [-0.05, 0) is 36.5 Å². The average Bonchev–Trinajstić information content (AvgIpc) is 2.99. The van der Waals surface area contributed by atoms with Crippen molar-refractivity contribution in [2.45, 2.75) is 18.8 Å². The molecule has 0 aromatic heterocycles. The fraction of sp³-hybridized carbons (Fsp3) is 0.273. The molecule has 0 unspecified atom stereocenters. The summed E-state index contributed by atoms with van der Waals surface area (Å²) < 4.78 is 0. The van der Waals surface area contributed by atoms with Crippen LogP contribution in [0.15, 0.2) is 18.2 Å². The summed E-state index contributed by atoms with van der Waals surface area (Å²) >= 11 is 0. The minimum absolute atomic E-state index is 0.114. The van der Waals surface area contributed by atoms with E-state index in [0.29, 0.717) is 5.56 Å². The standard InChI is InChI=1S/C11H10O4/c12-10(13)7-2-1-3-8(11(14)15)9(7)6-4-5-6/h1-3,6H,4-5H2,(H,12,13)(H,14,15). The summed E-state index contributed by atoms with van der Waals surface area (Å²) in [6.07, 6.45) is 1.76. The summed E-state index contributed by atoms with van der Waals surface area (Å²) in [6.45, 7) is 0. The Morgan fingerprint density at radius 3 is 1.87 bits per heavy atom. The Hall–Kier alpha value is -1.84. The molecule has 15 heavy (non-hydrogen) atoms. The first-order valence-corrected chi connectivity index (χ1v) is 4.70. The third-order valence-corrected chi connectivity index (χ3v) is 2.55. The molecule has 0 bridgehead atoms. The molecule has 0 heterocycles. The molecule has 2 N–H and O–H groups in total. The third kappa shape index (κ3) is 1.70.